The Labute approximate surface area is 120 Å². The zero-order valence-electron chi connectivity index (χ0n) is 12.3. The first kappa shape index (κ1) is 14.0. The lowest BCUT2D eigenvalue weighted by molar-refractivity contribution is 0.185. The molecule has 1 N–H and O–H groups in total. The van der Waals surface area contributed by atoms with E-state index in [2.05, 4.69) is 22.5 Å². The molecule has 0 spiro atoms. The first-order valence-electron chi connectivity index (χ1n) is 7.91. The third-order valence-corrected chi connectivity index (χ3v) is 4.72. The van der Waals surface area contributed by atoms with E-state index in [-0.39, 0.29) is 0 Å². The van der Waals surface area contributed by atoms with E-state index in [1.165, 1.54) is 25.7 Å². The molecule has 1 saturated carbocycles. The van der Waals surface area contributed by atoms with Crippen molar-refractivity contribution in [3.8, 4) is 0 Å². The summed E-state index contributed by atoms with van der Waals surface area (Å²) in [6.45, 7) is 1.72. The molecule has 1 saturated heterocycles. The molecule has 1 aromatic rings. The topological polar surface area (TPSA) is 60.2 Å². The molecule has 3 rings (SSSR count). The third kappa shape index (κ3) is 3.38. The number of nitrogens with zero attached hydrogens (tertiary/aromatic N) is 2. The first-order chi connectivity index (χ1) is 9.85. The molecule has 1 aromatic heterocycles. The van der Waals surface area contributed by atoms with Gasteiger partial charge in [0.15, 0.2) is 5.82 Å². The van der Waals surface area contributed by atoms with Crippen LogP contribution in [0.3, 0.4) is 0 Å². The van der Waals surface area contributed by atoms with Crippen LogP contribution in [0.5, 0.6) is 0 Å². The summed E-state index contributed by atoms with van der Waals surface area (Å²) in [6, 6.07) is 0.599. The number of aromatic nitrogens is 2. The monoisotopic (exact) mass is 279 g/mol. The van der Waals surface area contributed by atoms with Gasteiger partial charge in [-0.3, -0.25) is 0 Å². The summed E-state index contributed by atoms with van der Waals surface area (Å²) in [6.07, 6.45) is 8.11. The van der Waals surface area contributed by atoms with Crippen LogP contribution in [0.1, 0.15) is 43.8 Å². The summed E-state index contributed by atoms with van der Waals surface area (Å²) < 4.78 is 10.8. The molecule has 3 atom stereocenters. The predicted octanol–water partition coefficient (Wildman–Crippen LogP) is 1.97. The van der Waals surface area contributed by atoms with Crippen LogP contribution in [0, 0.1) is 11.8 Å². The lowest BCUT2D eigenvalue weighted by Crippen LogP contribution is -2.37. The van der Waals surface area contributed by atoms with Crippen molar-refractivity contribution in [1.29, 1.82) is 0 Å². The third-order valence-electron chi connectivity index (χ3n) is 4.72. The van der Waals surface area contributed by atoms with Crippen LogP contribution in [-0.4, -0.2) is 36.4 Å². The zero-order valence-corrected chi connectivity index (χ0v) is 12.3. The maximum atomic E-state index is 5.44. The van der Waals surface area contributed by atoms with E-state index in [0.29, 0.717) is 17.9 Å². The smallest absolute Gasteiger partial charge is 0.226 e. The van der Waals surface area contributed by atoms with Gasteiger partial charge in [0, 0.05) is 32.1 Å². The highest BCUT2D eigenvalue weighted by atomic mass is 16.5. The summed E-state index contributed by atoms with van der Waals surface area (Å²) in [5.41, 5.74) is 0. The van der Waals surface area contributed by atoms with Gasteiger partial charge in [-0.05, 0) is 38.1 Å². The maximum Gasteiger partial charge on any atom is 0.226 e. The van der Waals surface area contributed by atoms with Crippen molar-refractivity contribution in [3.63, 3.8) is 0 Å². The lowest BCUT2D eigenvalue weighted by Gasteiger charge is -2.30. The van der Waals surface area contributed by atoms with E-state index in [1.54, 1.807) is 0 Å². The average molecular weight is 279 g/mol. The van der Waals surface area contributed by atoms with Crippen molar-refractivity contribution in [1.82, 2.24) is 15.5 Å². The number of hydrogen-bond acceptors (Lipinski definition) is 5. The van der Waals surface area contributed by atoms with Gasteiger partial charge in [0.1, 0.15) is 0 Å². The summed E-state index contributed by atoms with van der Waals surface area (Å²) in [5, 5.41) is 7.57. The zero-order chi connectivity index (χ0) is 13.8. The Morgan fingerprint density at radius 2 is 2.10 bits per heavy atom. The molecule has 5 heteroatoms. The molecule has 1 aliphatic carbocycles. The van der Waals surface area contributed by atoms with Crippen molar-refractivity contribution in [2.75, 3.05) is 20.3 Å². The fourth-order valence-corrected chi connectivity index (χ4v) is 3.51. The maximum absolute atomic E-state index is 5.44. The Hall–Kier alpha value is -0.940. The number of hydrogen-bond donors (Lipinski definition) is 1. The molecule has 2 aliphatic rings. The Balaban J connectivity index is 1.55. The molecule has 20 heavy (non-hydrogen) atoms. The van der Waals surface area contributed by atoms with E-state index >= 15 is 0 Å². The summed E-state index contributed by atoms with van der Waals surface area (Å²) in [7, 11) is 2.06. The van der Waals surface area contributed by atoms with E-state index in [4.69, 9.17) is 9.26 Å². The van der Waals surface area contributed by atoms with E-state index in [1.807, 2.05) is 0 Å². The largest absolute Gasteiger partial charge is 0.381 e. The second-order valence-electron chi connectivity index (χ2n) is 6.18. The fourth-order valence-electron chi connectivity index (χ4n) is 3.51. The average Bonchev–Trinajstić information content (AvgIpc) is 3.12. The van der Waals surface area contributed by atoms with Crippen LogP contribution in [0.15, 0.2) is 4.52 Å². The molecule has 1 aliphatic heterocycles. The molecule has 2 fully saturated rings. The van der Waals surface area contributed by atoms with Crippen LogP contribution in [0.4, 0.5) is 0 Å². The molecule has 0 amide bonds. The van der Waals surface area contributed by atoms with Crippen LogP contribution in [0.25, 0.3) is 0 Å². The van der Waals surface area contributed by atoms with Crippen LogP contribution in [-0.2, 0) is 17.6 Å². The Kier molecular flexibility index (Phi) is 4.68. The second-order valence-corrected chi connectivity index (χ2v) is 6.18. The SMILES string of the molecule is CNC1CCCCC1Cc1nc(CC2CCOC2)no1. The normalized spacial score (nSPS) is 30.8. The number of ether oxygens (including phenoxy) is 1. The Morgan fingerprint density at radius 1 is 1.20 bits per heavy atom. The summed E-state index contributed by atoms with van der Waals surface area (Å²) in [4.78, 5) is 4.58. The van der Waals surface area contributed by atoms with Crippen LogP contribution < -0.4 is 5.32 Å². The van der Waals surface area contributed by atoms with Crippen molar-refractivity contribution in [2.45, 2.75) is 51.0 Å². The van der Waals surface area contributed by atoms with Crippen molar-refractivity contribution in [3.05, 3.63) is 11.7 Å². The van der Waals surface area contributed by atoms with Crippen LogP contribution in [0.2, 0.25) is 0 Å². The van der Waals surface area contributed by atoms with Crippen LogP contribution >= 0.6 is 0 Å². The van der Waals surface area contributed by atoms with Gasteiger partial charge in [-0.2, -0.15) is 4.98 Å². The Morgan fingerprint density at radius 3 is 2.90 bits per heavy atom. The van der Waals surface area contributed by atoms with E-state index in [9.17, 15) is 0 Å². The second kappa shape index (κ2) is 6.68. The minimum Gasteiger partial charge on any atom is -0.381 e. The predicted molar refractivity (Wildman–Crippen MR) is 75.4 cm³/mol. The van der Waals surface area contributed by atoms with Crippen molar-refractivity contribution >= 4 is 0 Å². The van der Waals surface area contributed by atoms with Crippen molar-refractivity contribution < 1.29 is 9.26 Å². The van der Waals surface area contributed by atoms with Gasteiger partial charge in [0.05, 0.1) is 0 Å². The molecule has 5 nitrogen and oxygen atoms in total. The standard InChI is InChI=1S/C15H25N3O2/c1-16-13-5-3-2-4-12(13)9-15-17-14(18-20-15)8-11-6-7-19-10-11/h11-13,16H,2-10H2,1H3. The first-order valence-corrected chi connectivity index (χ1v) is 7.91. The number of nitrogens with one attached hydrogen (secondary N) is 1. The number of rotatable bonds is 5. The molecular weight excluding hydrogens is 254 g/mol. The fraction of sp³-hybridized carbons (Fsp3) is 0.867. The van der Waals surface area contributed by atoms with E-state index in [0.717, 1.165) is 44.2 Å². The molecule has 3 unspecified atom stereocenters. The van der Waals surface area contributed by atoms with Gasteiger partial charge in [-0.1, -0.05) is 18.0 Å². The molecule has 2 heterocycles. The molecular formula is C15H25N3O2. The molecule has 0 aromatic carbocycles. The highest BCUT2D eigenvalue weighted by molar-refractivity contribution is 4.93. The molecule has 112 valence electrons. The quantitative estimate of drug-likeness (QED) is 0.893. The van der Waals surface area contributed by atoms with Gasteiger partial charge in [-0.25, -0.2) is 0 Å². The van der Waals surface area contributed by atoms with Gasteiger partial charge in [-0.15, -0.1) is 0 Å². The lowest BCUT2D eigenvalue weighted by atomic mass is 9.82. The van der Waals surface area contributed by atoms with Gasteiger partial charge >= 0.3 is 0 Å². The molecule has 0 bridgehead atoms. The Bertz CT molecular complexity index is 415. The highest BCUT2D eigenvalue weighted by Crippen LogP contribution is 2.27. The minimum absolute atomic E-state index is 0.570. The van der Waals surface area contributed by atoms with Gasteiger partial charge in [0.2, 0.25) is 5.89 Å². The summed E-state index contributed by atoms with van der Waals surface area (Å²) >= 11 is 0. The highest BCUT2D eigenvalue weighted by Gasteiger charge is 2.26. The minimum atomic E-state index is 0.570. The summed E-state index contributed by atoms with van der Waals surface area (Å²) in [5.74, 6) is 2.87. The van der Waals surface area contributed by atoms with E-state index < -0.39 is 0 Å². The van der Waals surface area contributed by atoms with Crippen molar-refractivity contribution in [2.24, 2.45) is 11.8 Å². The van der Waals surface area contributed by atoms with Gasteiger partial charge in [0.25, 0.3) is 0 Å². The molecule has 0 radical (unpaired) electrons. The van der Waals surface area contributed by atoms with Gasteiger partial charge < -0.3 is 14.6 Å².